The van der Waals surface area contributed by atoms with Crippen LogP contribution in [-0.2, 0) is 0 Å². The number of benzene rings is 1. The number of fused-ring (bicyclic) bond motifs is 1. The van der Waals surface area contributed by atoms with Gasteiger partial charge in [-0.05, 0) is 31.5 Å². The summed E-state index contributed by atoms with van der Waals surface area (Å²) < 4.78 is 11.1. The van der Waals surface area contributed by atoms with Crippen molar-refractivity contribution in [1.29, 1.82) is 0 Å². The quantitative estimate of drug-likeness (QED) is 0.786. The summed E-state index contributed by atoms with van der Waals surface area (Å²) in [7, 11) is 0. The third kappa shape index (κ3) is 2.66. The van der Waals surface area contributed by atoms with Crippen molar-refractivity contribution in [2.24, 2.45) is 0 Å². The Hall–Kier alpha value is -1.85. The predicted molar refractivity (Wildman–Crippen MR) is 81.6 cm³/mol. The van der Waals surface area contributed by atoms with E-state index < -0.39 is 0 Å². The van der Waals surface area contributed by atoms with E-state index in [0.29, 0.717) is 17.6 Å². The third-order valence-corrected chi connectivity index (χ3v) is 3.74. The molecule has 5 nitrogen and oxygen atoms in total. The second-order valence-electron chi connectivity index (χ2n) is 5.15. The first kappa shape index (κ1) is 14.1. The first-order valence-corrected chi connectivity index (χ1v) is 6.93. The maximum Gasteiger partial charge on any atom is 0.293 e. The highest BCUT2D eigenvalue weighted by atomic mass is 35.5. The van der Waals surface area contributed by atoms with Crippen LogP contribution in [-0.4, -0.2) is 23.2 Å². The number of hydrogen-bond acceptors (Lipinski definition) is 5. The maximum absolute atomic E-state index is 5.74. The van der Waals surface area contributed by atoms with E-state index in [2.05, 4.69) is 15.5 Å². The third-order valence-electron chi connectivity index (χ3n) is 3.74. The molecule has 3 aromatic rings. The molecular formula is C15H16ClN3O2. The highest BCUT2D eigenvalue weighted by Crippen LogP contribution is 2.28. The minimum atomic E-state index is 0. The Morgan fingerprint density at radius 2 is 2.14 bits per heavy atom. The van der Waals surface area contributed by atoms with Gasteiger partial charge in [-0.15, -0.1) is 12.4 Å². The number of para-hydroxylation sites is 1. The normalized spacial score (nSPS) is 18.6. The van der Waals surface area contributed by atoms with Gasteiger partial charge >= 0.3 is 0 Å². The smallest absolute Gasteiger partial charge is 0.293 e. The van der Waals surface area contributed by atoms with Crippen molar-refractivity contribution in [3.05, 3.63) is 36.2 Å². The van der Waals surface area contributed by atoms with E-state index in [1.807, 2.05) is 30.3 Å². The lowest BCUT2D eigenvalue weighted by molar-refractivity contribution is 0.388. The van der Waals surface area contributed by atoms with Crippen molar-refractivity contribution >= 4 is 23.4 Å². The summed E-state index contributed by atoms with van der Waals surface area (Å²) in [6, 6.07) is 9.80. The van der Waals surface area contributed by atoms with Crippen LogP contribution in [0.15, 0.2) is 39.3 Å². The molecule has 1 aliphatic rings. The lowest BCUT2D eigenvalue weighted by atomic mass is 9.99. The highest BCUT2D eigenvalue weighted by Gasteiger charge is 2.22. The zero-order valence-corrected chi connectivity index (χ0v) is 12.2. The van der Waals surface area contributed by atoms with Crippen molar-refractivity contribution in [3.63, 3.8) is 0 Å². The molecule has 0 saturated carbocycles. The van der Waals surface area contributed by atoms with Crippen LogP contribution in [0.25, 0.3) is 22.6 Å². The molecule has 3 heterocycles. The van der Waals surface area contributed by atoms with E-state index >= 15 is 0 Å². The van der Waals surface area contributed by atoms with Gasteiger partial charge in [0.2, 0.25) is 0 Å². The van der Waals surface area contributed by atoms with E-state index in [1.54, 1.807) is 0 Å². The molecule has 1 saturated heterocycles. The summed E-state index contributed by atoms with van der Waals surface area (Å²) in [5.74, 6) is 2.20. The number of nitrogens with one attached hydrogen (secondary N) is 1. The lowest BCUT2D eigenvalue weighted by Gasteiger charge is -2.19. The molecule has 0 radical (unpaired) electrons. The average molecular weight is 306 g/mol. The molecule has 1 aromatic carbocycles. The Morgan fingerprint density at radius 3 is 2.95 bits per heavy atom. The van der Waals surface area contributed by atoms with Crippen LogP contribution < -0.4 is 5.32 Å². The minimum absolute atomic E-state index is 0. The summed E-state index contributed by atoms with van der Waals surface area (Å²) in [6.07, 6.45) is 2.26. The Labute approximate surface area is 128 Å². The summed E-state index contributed by atoms with van der Waals surface area (Å²) >= 11 is 0. The van der Waals surface area contributed by atoms with Gasteiger partial charge in [0.15, 0.2) is 11.6 Å². The first-order valence-electron chi connectivity index (χ1n) is 6.93. The van der Waals surface area contributed by atoms with Gasteiger partial charge in [0, 0.05) is 17.8 Å². The van der Waals surface area contributed by atoms with Gasteiger partial charge in [0.25, 0.3) is 5.89 Å². The van der Waals surface area contributed by atoms with Crippen LogP contribution in [0.2, 0.25) is 0 Å². The number of nitrogens with zero attached hydrogens (tertiary/aromatic N) is 2. The summed E-state index contributed by atoms with van der Waals surface area (Å²) in [6.45, 7) is 1.99. The second-order valence-corrected chi connectivity index (χ2v) is 5.15. The number of aromatic nitrogens is 2. The standard InChI is InChI=1S/C15H15N3O2.ClH/c1-2-6-12-10(4-1)8-13(19-12)15-17-14(18-20-15)11-5-3-7-16-9-11;/h1-2,4,6,8,11,16H,3,5,7,9H2;1H. The van der Waals surface area contributed by atoms with E-state index in [4.69, 9.17) is 8.94 Å². The topological polar surface area (TPSA) is 64.1 Å². The molecule has 0 amide bonds. The van der Waals surface area contributed by atoms with Gasteiger partial charge in [-0.25, -0.2) is 0 Å². The van der Waals surface area contributed by atoms with Gasteiger partial charge in [-0.3, -0.25) is 0 Å². The van der Waals surface area contributed by atoms with Crippen molar-refractivity contribution in [2.75, 3.05) is 13.1 Å². The number of furan rings is 1. The molecular weight excluding hydrogens is 290 g/mol. The Kier molecular flexibility index (Phi) is 3.94. The van der Waals surface area contributed by atoms with Crippen LogP contribution in [0.3, 0.4) is 0 Å². The van der Waals surface area contributed by atoms with Crippen molar-refractivity contribution in [2.45, 2.75) is 18.8 Å². The van der Waals surface area contributed by atoms with E-state index in [1.165, 1.54) is 0 Å². The van der Waals surface area contributed by atoms with E-state index in [-0.39, 0.29) is 12.4 Å². The lowest BCUT2D eigenvalue weighted by Crippen LogP contribution is -2.28. The number of hydrogen-bond donors (Lipinski definition) is 1. The molecule has 4 rings (SSSR count). The number of piperidine rings is 1. The molecule has 0 bridgehead atoms. The van der Waals surface area contributed by atoms with Crippen molar-refractivity contribution in [3.8, 4) is 11.7 Å². The summed E-state index contributed by atoms with van der Waals surface area (Å²) in [4.78, 5) is 4.49. The molecule has 0 aliphatic carbocycles. The fraction of sp³-hybridized carbons (Fsp3) is 0.333. The zero-order valence-electron chi connectivity index (χ0n) is 11.4. The van der Waals surface area contributed by atoms with Crippen molar-refractivity contribution < 1.29 is 8.94 Å². The highest BCUT2D eigenvalue weighted by molar-refractivity contribution is 5.85. The van der Waals surface area contributed by atoms with Gasteiger partial charge < -0.3 is 14.3 Å². The molecule has 0 spiro atoms. The molecule has 6 heteroatoms. The van der Waals surface area contributed by atoms with E-state index in [0.717, 1.165) is 42.7 Å². The van der Waals surface area contributed by atoms with Crippen LogP contribution in [0.5, 0.6) is 0 Å². The molecule has 1 unspecified atom stereocenters. The number of halogens is 1. The number of rotatable bonds is 2. The Morgan fingerprint density at radius 1 is 1.24 bits per heavy atom. The van der Waals surface area contributed by atoms with Crippen LogP contribution in [0.4, 0.5) is 0 Å². The average Bonchev–Trinajstić information content (AvgIpc) is 3.14. The fourth-order valence-electron chi connectivity index (χ4n) is 2.66. The van der Waals surface area contributed by atoms with Crippen LogP contribution >= 0.6 is 12.4 Å². The Bertz CT molecular complexity index is 698. The summed E-state index contributed by atoms with van der Waals surface area (Å²) in [5.41, 5.74) is 0.835. The van der Waals surface area contributed by atoms with Gasteiger partial charge in [-0.2, -0.15) is 4.98 Å². The van der Waals surface area contributed by atoms with E-state index in [9.17, 15) is 0 Å². The first-order chi connectivity index (χ1) is 9.90. The van der Waals surface area contributed by atoms with Crippen LogP contribution in [0.1, 0.15) is 24.6 Å². The zero-order chi connectivity index (χ0) is 13.4. The molecule has 1 N–H and O–H groups in total. The predicted octanol–water partition coefficient (Wildman–Crippen LogP) is 3.37. The largest absolute Gasteiger partial charge is 0.451 e. The molecule has 2 aromatic heterocycles. The summed E-state index contributed by atoms with van der Waals surface area (Å²) in [5, 5.41) is 8.50. The molecule has 1 fully saturated rings. The monoisotopic (exact) mass is 305 g/mol. The van der Waals surface area contributed by atoms with Crippen LogP contribution in [0, 0.1) is 0 Å². The van der Waals surface area contributed by atoms with Crippen molar-refractivity contribution in [1.82, 2.24) is 15.5 Å². The van der Waals surface area contributed by atoms with Gasteiger partial charge in [-0.1, -0.05) is 23.4 Å². The molecule has 1 atom stereocenters. The Balaban J connectivity index is 0.00000132. The van der Waals surface area contributed by atoms with Gasteiger partial charge in [0.1, 0.15) is 5.58 Å². The minimum Gasteiger partial charge on any atom is -0.451 e. The van der Waals surface area contributed by atoms with Gasteiger partial charge in [0.05, 0.1) is 0 Å². The molecule has 1 aliphatic heterocycles. The second kappa shape index (κ2) is 5.87. The maximum atomic E-state index is 5.74. The molecule has 110 valence electrons. The fourth-order valence-corrected chi connectivity index (χ4v) is 2.66. The SMILES string of the molecule is Cl.c1ccc2oc(-c3nc(C4CCCNC4)no3)cc2c1. The molecule has 21 heavy (non-hydrogen) atoms.